The third kappa shape index (κ3) is 3.94. The number of rotatable bonds is 8. The Kier molecular flexibility index (Phi) is 6.06. The zero-order chi connectivity index (χ0) is 21.3. The number of nitrogens with zero attached hydrogens (tertiary/aromatic N) is 4. The lowest BCUT2D eigenvalue weighted by atomic mass is 10.1. The normalized spacial score (nSPS) is 20.2. The monoisotopic (exact) mass is 412 g/mol. The lowest BCUT2D eigenvalue weighted by Crippen LogP contribution is -2.26. The summed E-state index contributed by atoms with van der Waals surface area (Å²) in [5.41, 5.74) is 11.4. The molecule has 30 heavy (non-hydrogen) atoms. The van der Waals surface area contributed by atoms with Gasteiger partial charge in [-0.1, -0.05) is 0 Å². The van der Waals surface area contributed by atoms with E-state index in [1.807, 2.05) is 20.2 Å². The summed E-state index contributed by atoms with van der Waals surface area (Å²) in [7, 11) is 0. The fourth-order valence-corrected chi connectivity index (χ4v) is 4.50. The van der Waals surface area contributed by atoms with Crippen molar-refractivity contribution in [3.63, 3.8) is 0 Å². The molecule has 0 radical (unpaired) electrons. The highest BCUT2D eigenvalue weighted by Gasteiger charge is 2.30. The number of fused-ring (bicyclic) bond motifs is 3. The smallest absolute Gasteiger partial charge is 0.176 e. The highest BCUT2D eigenvalue weighted by Crippen LogP contribution is 2.37. The quantitative estimate of drug-likeness (QED) is 0.334. The van der Waals surface area contributed by atoms with Gasteiger partial charge in [-0.15, -0.1) is 0 Å². The molecule has 3 heterocycles. The summed E-state index contributed by atoms with van der Waals surface area (Å²) in [6.45, 7) is 9.66. The highest BCUT2D eigenvalue weighted by atomic mass is 16.7. The van der Waals surface area contributed by atoms with Gasteiger partial charge in [0.15, 0.2) is 11.9 Å². The van der Waals surface area contributed by atoms with E-state index in [0.717, 1.165) is 52.7 Å². The molecule has 1 fully saturated rings. The number of H-pyrrole nitrogens is 1. The standard InChI is InChI=1S/C22H32N6O2/c1-5-29-18(30-6-2)11-24-21(23)15-7-8-16(10-15)28-12-25-20-19-17(9-13(3)26-19)14(4)27-22(20)28/h9,12,15-16,18,26H,5-8,10-11H2,1-4H3,(H2,23,24). The predicted octanol–water partition coefficient (Wildman–Crippen LogP) is 3.63. The van der Waals surface area contributed by atoms with Crippen molar-refractivity contribution in [2.45, 2.75) is 59.3 Å². The maximum Gasteiger partial charge on any atom is 0.176 e. The fraction of sp³-hybridized carbons (Fsp3) is 0.591. The van der Waals surface area contributed by atoms with E-state index in [1.165, 1.54) is 0 Å². The van der Waals surface area contributed by atoms with E-state index in [1.54, 1.807) is 0 Å². The maximum atomic E-state index is 6.34. The zero-order valence-corrected chi connectivity index (χ0v) is 18.3. The van der Waals surface area contributed by atoms with Crippen molar-refractivity contribution in [2.24, 2.45) is 16.6 Å². The number of nitrogens with two attached hydrogens (primary N) is 1. The number of pyridine rings is 1. The van der Waals surface area contributed by atoms with Crippen LogP contribution in [0.25, 0.3) is 22.1 Å². The van der Waals surface area contributed by atoms with Gasteiger partial charge in [0.2, 0.25) is 0 Å². The molecule has 0 saturated heterocycles. The highest BCUT2D eigenvalue weighted by molar-refractivity contribution is 6.01. The Morgan fingerprint density at radius 3 is 2.80 bits per heavy atom. The van der Waals surface area contributed by atoms with Gasteiger partial charge in [-0.2, -0.15) is 0 Å². The van der Waals surface area contributed by atoms with Crippen molar-refractivity contribution < 1.29 is 9.47 Å². The molecule has 0 aliphatic heterocycles. The molecule has 162 valence electrons. The van der Waals surface area contributed by atoms with Crippen LogP contribution >= 0.6 is 0 Å². The van der Waals surface area contributed by atoms with Crippen LogP contribution in [0.4, 0.5) is 0 Å². The van der Waals surface area contributed by atoms with Crippen LogP contribution in [0.2, 0.25) is 0 Å². The van der Waals surface area contributed by atoms with Crippen LogP contribution in [0.1, 0.15) is 50.5 Å². The molecule has 2 atom stereocenters. The number of hydrogen-bond donors (Lipinski definition) is 2. The van der Waals surface area contributed by atoms with Crippen molar-refractivity contribution in [3.05, 3.63) is 23.8 Å². The number of aromatic amines is 1. The molecule has 8 nitrogen and oxygen atoms in total. The van der Waals surface area contributed by atoms with Crippen LogP contribution in [0.3, 0.4) is 0 Å². The first-order chi connectivity index (χ1) is 14.5. The molecule has 3 aromatic rings. The summed E-state index contributed by atoms with van der Waals surface area (Å²) in [4.78, 5) is 17.6. The van der Waals surface area contributed by atoms with Crippen LogP contribution in [-0.4, -0.2) is 51.4 Å². The molecule has 3 N–H and O–H groups in total. The van der Waals surface area contributed by atoms with E-state index in [4.69, 9.17) is 25.2 Å². The van der Waals surface area contributed by atoms with Gasteiger partial charge in [0, 0.05) is 41.9 Å². The molecule has 0 aromatic carbocycles. The minimum atomic E-state index is -0.327. The van der Waals surface area contributed by atoms with Crippen molar-refractivity contribution in [1.29, 1.82) is 0 Å². The number of aryl methyl sites for hydroxylation is 2. The zero-order valence-electron chi connectivity index (χ0n) is 18.3. The van der Waals surface area contributed by atoms with Crippen LogP contribution < -0.4 is 5.73 Å². The summed E-state index contributed by atoms with van der Waals surface area (Å²) >= 11 is 0. The second-order valence-electron chi connectivity index (χ2n) is 8.03. The molecule has 4 rings (SSSR count). The summed E-state index contributed by atoms with van der Waals surface area (Å²) in [5.74, 6) is 0.951. The van der Waals surface area contributed by atoms with Gasteiger partial charge in [0.05, 0.1) is 24.2 Å². The number of imidazole rings is 1. The van der Waals surface area contributed by atoms with Crippen LogP contribution in [0, 0.1) is 19.8 Å². The molecule has 0 spiro atoms. The van der Waals surface area contributed by atoms with Gasteiger partial charge in [-0.3, -0.25) is 4.99 Å². The van der Waals surface area contributed by atoms with E-state index in [2.05, 4.69) is 34.5 Å². The number of amidine groups is 1. The second kappa shape index (κ2) is 8.73. The van der Waals surface area contributed by atoms with E-state index < -0.39 is 0 Å². The molecular formula is C22H32N6O2. The Morgan fingerprint density at radius 1 is 1.30 bits per heavy atom. The van der Waals surface area contributed by atoms with Gasteiger partial charge < -0.3 is 24.8 Å². The average Bonchev–Trinajstić information content (AvgIpc) is 3.43. The molecule has 8 heteroatoms. The Morgan fingerprint density at radius 2 is 2.07 bits per heavy atom. The Balaban J connectivity index is 1.51. The van der Waals surface area contributed by atoms with Gasteiger partial charge in [-0.05, 0) is 53.0 Å². The first kappa shape index (κ1) is 20.8. The molecule has 1 aliphatic rings. The van der Waals surface area contributed by atoms with Crippen LogP contribution in [0.15, 0.2) is 17.4 Å². The van der Waals surface area contributed by atoms with Gasteiger partial charge in [0.25, 0.3) is 0 Å². The number of ether oxygens (including phenoxy) is 2. The lowest BCUT2D eigenvalue weighted by molar-refractivity contribution is -0.128. The summed E-state index contributed by atoms with van der Waals surface area (Å²) in [6.07, 6.45) is 4.59. The first-order valence-electron chi connectivity index (χ1n) is 10.9. The van der Waals surface area contributed by atoms with Crippen molar-refractivity contribution in [1.82, 2.24) is 19.5 Å². The Labute approximate surface area is 176 Å². The third-order valence-corrected chi connectivity index (χ3v) is 5.96. The molecule has 0 bridgehead atoms. The van der Waals surface area contributed by atoms with E-state index in [0.29, 0.717) is 31.6 Å². The Bertz CT molecular complexity index is 1050. The maximum absolute atomic E-state index is 6.34. The molecule has 2 unspecified atom stereocenters. The summed E-state index contributed by atoms with van der Waals surface area (Å²) < 4.78 is 13.3. The number of nitrogens with one attached hydrogen (secondary N) is 1. The van der Waals surface area contributed by atoms with Gasteiger partial charge in [0.1, 0.15) is 5.52 Å². The SMILES string of the molecule is CCOC(CN=C(N)C1CCC(n2cnc3c4[nH]c(C)cc4c(C)nc32)C1)OCC. The summed E-state index contributed by atoms with van der Waals surface area (Å²) in [6, 6.07) is 2.46. The minimum absolute atomic E-state index is 0.258. The van der Waals surface area contributed by atoms with Crippen LogP contribution in [-0.2, 0) is 9.47 Å². The molecular weight excluding hydrogens is 380 g/mol. The van der Waals surface area contributed by atoms with Crippen LogP contribution in [0.5, 0.6) is 0 Å². The topological polar surface area (TPSA) is 103 Å². The van der Waals surface area contributed by atoms with Gasteiger partial charge in [-0.25, -0.2) is 9.97 Å². The fourth-order valence-electron chi connectivity index (χ4n) is 4.50. The molecule has 1 saturated carbocycles. The minimum Gasteiger partial charge on any atom is -0.387 e. The van der Waals surface area contributed by atoms with Crippen molar-refractivity contribution in [3.8, 4) is 0 Å². The van der Waals surface area contributed by atoms with E-state index in [9.17, 15) is 0 Å². The molecule has 3 aromatic heterocycles. The Hall–Kier alpha value is -2.45. The number of hydrogen-bond acceptors (Lipinski definition) is 5. The molecule has 1 aliphatic carbocycles. The van der Waals surface area contributed by atoms with Gasteiger partial charge >= 0.3 is 0 Å². The summed E-state index contributed by atoms with van der Waals surface area (Å²) in [5, 5.41) is 1.14. The largest absolute Gasteiger partial charge is 0.387 e. The van der Waals surface area contributed by atoms with Crippen molar-refractivity contribution in [2.75, 3.05) is 19.8 Å². The number of aliphatic imine (C=N–C) groups is 1. The average molecular weight is 413 g/mol. The second-order valence-corrected chi connectivity index (χ2v) is 8.03. The van der Waals surface area contributed by atoms with E-state index >= 15 is 0 Å². The van der Waals surface area contributed by atoms with E-state index in [-0.39, 0.29) is 12.2 Å². The first-order valence-corrected chi connectivity index (χ1v) is 10.9. The molecule has 0 amide bonds. The predicted molar refractivity (Wildman–Crippen MR) is 119 cm³/mol. The number of aromatic nitrogens is 4. The third-order valence-electron chi connectivity index (χ3n) is 5.96. The lowest BCUT2D eigenvalue weighted by Gasteiger charge is -2.16. The van der Waals surface area contributed by atoms with Crippen molar-refractivity contribution >= 4 is 27.9 Å².